The van der Waals surface area contributed by atoms with E-state index in [-0.39, 0.29) is 36.3 Å². The van der Waals surface area contributed by atoms with Crippen molar-refractivity contribution in [2.75, 3.05) is 19.7 Å². The Bertz CT molecular complexity index is 789. The summed E-state index contributed by atoms with van der Waals surface area (Å²) >= 11 is 0. The van der Waals surface area contributed by atoms with Crippen molar-refractivity contribution in [2.24, 2.45) is 4.99 Å². The molecule has 0 radical (unpaired) electrons. The van der Waals surface area contributed by atoms with Crippen LogP contribution in [0.1, 0.15) is 37.5 Å². The van der Waals surface area contributed by atoms with E-state index in [1.54, 1.807) is 19.1 Å². The number of alkyl halides is 2. The van der Waals surface area contributed by atoms with Gasteiger partial charge in [0.25, 0.3) is 0 Å². The molecule has 0 amide bonds. The van der Waals surface area contributed by atoms with Gasteiger partial charge in [-0.05, 0) is 32.4 Å². The van der Waals surface area contributed by atoms with Gasteiger partial charge in [-0.25, -0.2) is 4.99 Å². The van der Waals surface area contributed by atoms with Crippen molar-refractivity contribution in [3.05, 3.63) is 35.5 Å². The van der Waals surface area contributed by atoms with Crippen LogP contribution in [0.2, 0.25) is 0 Å². The Kier molecular flexibility index (Phi) is 12.0. The molecule has 0 saturated heterocycles. The fourth-order valence-electron chi connectivity index (χ4n) is 2.42. The lowest BCUT2D eigenvalue weighted by atomic mass is 10.2. The van der Waals surface area contributed by atoms with E-state index in [0.29, 0.717) is 55.1 Å². The van der Waals surface area contributed by atoms with E-state index in [1.807, 2.05) is 13.8 Å². The summed E-state index contributed by atoms with van der Waals surface area (Å²) in [5.41, 5.74) is 0.527. The number of halogens is 3. The van der Waals surface area contributed by atoms with Gasteiger partial charge >= 0.3 is 6.61 Å². The summed E-state index contributed by atoms with van der Waals surface area (Å²) in [6.07, 6.45) is 1.35. The summed E-state index contributed by atoms with van der Waals surface area (Å²) in [4.78, 5) is 8.58. The third-order valence-corrected chi connectivity index (χ3v) is 3.68. The van der Waals surface area contributed by atoms with Crippen molar-refractivity contribution in [3.8, 4) is 11.5 Å². The molecule has 2 aromatic rings. The van der Waals surface area contributed by atoms with E-state index in [4.69, 9.17) is 9.26 Å². The molecule has 11 heteroatoms. The van der Waals surface area contributed by atoms with Crippen LogP contribution in [-0.4, -0.2) is 42.4 Å². The van der Waals surface area contributed by atoms with Crippen LogP contribution < -0.4 is 20.1 Å². The summed E-state index contributed by atoms with van der Waals surface area (Å²) in [5.74, 6) is 2.18. The zero-order chi connectivity index (χ0) is 21.1. The van der Waals surface area contributed by atoms with Crippen LogP contribution in [0.4, 0.5) is 8.78 Å². The third kappa shape index (κ3) is 9.09. The second kappa shape index (κ2) is 13.9. The molecule has 0 saturated carbocycles. The maximum Gasteiger partial charge on any atom is 0.387 e. The van der Waals surface area contributed by atoms with Crippen LogP contribution in [0.5, 0.6) is 11.5 Å². The third-order valence-electron chi connectivity index (χ3n) is 3.68. The van der Waals surface area contributed by atoms with Crippen molar-refractivity contribution >= 4 is 29.9 Å². The van der Waals surface area contributed by atoms with Crippen LogP contribution >= 0.6 is 24.0 Å². The van der Waals surface area contributed by atoms with Crippen LogP contribution in [-0.2, 0) is 13.0 Å². The van der Waals surface area contributed by atoms with Gasteiger partial charge < -0.3 is 24.6 Å². The number of hydrogen-bond acceptors (Lipinski definition) is 6. The van der Waals surface area contributed by atoms with Gasteiger partial charge in [0, 0.05) is 31.1 Å². The van der Waals surface area contributed by atoms with Crippen molar-refractivity contribution in [3.63, 3.8) is 0 Å². The Morgan fingerprint density at radius 2 is 2.07 bits per heavy atom. The Morgan fingerprint density at radius 3 is 2.70 bits per heavy atom. The first-order valence-electron chi connectivity index (χ1n) is 9.53. The number of rotatable bonds is 11. The van der Waals surface area contributed by atoms with Crippen molar-refractivity contribution in [1.29, 1.82) is 0 Å². The highest BCUT2D eigenvalue weighted by atomic mass is 127. The molecule has 1 heterocycles. The quantitative estimate of drug-likeness (QED) is 0.256. The summed E-state index contributed by atoms with van der Waals surface area (Å²) in [5, 5.41) is 9.99. The smallest absolute Gasteiger partial charge is 0.387 e. The number of hydrogen-bond donors (Lipinski definition) is 2. The van der Waals surface area contributed by atoms with Crippen LogP contribution in [0.25, 0.3) is 0 Å². The summed E-state index contributed by atoms with van der Waals surface area (Å²) in [7, 11) is 0. The molecular formula is C19H28F2IN5O3. The molecule has 2 N–H and O–H groups in total. The van der Waals surface area contributed by atoms with Gasteiger partial charge in [-0.2, -0.15) is 13.8 Å². The standard InChI is InChI=1S/C19H27F2N5O3.HI/c1-4-10-27-15-7-6-14(16(11-15)28-18(20)21)12-24-19(22-5-2)23-9-8-17-25-13(3)26-29-17;/h6-7,11,18H,4-5,8-10,12H2,1-3H3,(H2,22,23,24);1H. The molecule has 0 atom stereocenters. The number of nitrogens with one attached hydrogen (secondary N) is 2. The zero-order valence-corrected chi connectivity index (χ0v) is 19.6. The highest BCUT2D eigenvalue weighted by Gasteiger charge is 2.12. The number of guanidine groups is 1. The fourth-order valence-corrected chi connectivity index (χ4v) is 2.42. The Morgan fingerprint density at radius 1 is 1.27 bits per heavy atom. The molecule has 8 nitrogen and oxygen atoms in total. The maximum absolute atomic E-state index is 12.8. The second-order valence-electron chi connectivity index (χ2n) is 6.10. The molecule has 2 rings (SSSR count). The molecule has 0 aliphatic carbocycles. The minimum Gasteiger partial charge on any atom is -0.493 e. The average Bonchev–Trinajstić information content (AvgIpc) is 3.10. The van der Waals surface area contributed by atoms with Crippen molar-refractivity contribution in [2.45, 2.75) is 46.8 Å². The molecule has 0 aliphatic rings. The first-order chi connectivity index (χ1) is 14.0. The average molecular weight is 539 g/mol. The van der Waals surface area contributed by atoms with Gasteiger partial charge in [-0.15, -0.1) is 24.0 Å². The van der Waals surface area contributed by atoms with E-state index < -0.39 is 6.61 Å². The molecule has 0 aliphatic heterocycles. The molecule has 168 valence electrons. The molecule has 1 aromatic heterocycles. The second-order valence-corrected chi connectivity index (χ2v) is 6.10. The van der Waals surface area contributed by atoms with Crippen LogP contribution in [0.3, 0.4) is 0 Å². The molecule has 0 bridgehead atoms. The Hall–Kier alpha value is -2.18. The van der Waals surface area contributed by atoms with Crippen LogP contribution in [0, 0.1) is 6.92 Å². The Balaban J connectivity index is 0.00000450. The zero-order valence-electron chi connectivity index (χ0n) is 17.3. The van der Waals surface area contributed by atoms with E-state index in [1.165, 1.54) is 6.07 Å². The minimum absolute atomic E-state index is 0. The predicted octanol–water partition coefficient (Wildman–Crippen LogP) is 3.68. The first kappa shape index (κ1) is 25.9. The lowest BCUT2D eigenvalue weighted by molar-refractivity contribution is -0.0505. The number of aromatic nitrogens is 2. The predicted molar refractivity (Wildman–Crippen MR) is 120 cm³/mol. The van der Waals surface area contributed by atoms with Gasteiger partial charge in [0.15, 0.2) is 11.8 Å². The maximum atomic E-state index is 12.8. The van der Waals surface area contributed by atoms with E-state index >= 15 is 0 Å². The SMILES string of the molecule is CCCOc1ccc(CN=C(NCC)NCCc2nc(C)no2)c(OC(F)F)c1.I. The number of aliphatic imine (C=N–C) groups is 1. The summed E-state index contributed by atoms with van der Waals surface area (Å²) in [6, 6.07) is 4.86. The fraction of sp³-hybridized carbons (Fsp3) is 0.526. The van der Waals surface area contributed by atoms with Crippen LogP contribution in [0.15, 0.2) is 27.7 Å². The van der Waals surface area contributed by atoms with E-state index in [9.17, 15) is 8.78 Å². The molecule has 30 heavy (non-hydrogen) atoms. The van der Waals surface area contributed by atoms with Gasteiger partial charge in [0.05, 0.1) is 13.2 Å². The van der Waals surface area contributed by atoms with Crippen molar-refractivity contribution < 1.29 is 22.8 Å². The van der Waals surface area contributed by atoms with E-state index in [2.05, 4.69) is 30.5 Å². The normalized spacial score (nSPS) is 11.2. The number of aryl methyl sites for hydroxylation is 1. The number of ether oxygens (including phenoxy) is 2. The molecular weight excluding hydrogens is 511 g/mol. The monoisotopic (exact) mass is 539 g/mol. The number of benzene rings is 1. The molecule has 0 fully saturated rings. The summed E-state index contributed by atoms with van der Waals surface area (Å²) < 4.78 is 40.8. The molecule has 0 unspecified atom stereocenters. The largest absolute Gasteiger partial charge is 0.493 e. The van der Waals surface area contributed by atoms with Gasteiger partial charge in [0.2, 0.25) is 5.89 Å². The Labute approximate surface area is 191 Å². The lowest BCUT2D eigenvalue weighted by Gasteiger charge is -2.14. The highest BCUT2D eigenvalue weighted by Crippen LogP contribution is 2.27. The van der Waals surface area contributed by atoms with E-state index in [0.717, 1.165) is 6.42 Å². The summed E-state index contributed by atoms with van der Waals surface area (Å²) in [6.45, 7) is 4.56. The molecule has 0 spiro atoms. The topological polar surface area (TPSA) is 93.8 Å². The van der Waals surface area contributed by atoms with Gasteiger partial charge in [0.1, 0.15) is 11.5 Å². The first-order valence-corrected chi connectivity index (χ1v) is 9.53. The highest BCUT2D eigenvalue weighted by molar-refractivity contribution is 14.0. The van der Waals surface area contributed by atoms with Gasteiger partial charge in [-0.3, -0.25) is 0 Å². The number of nitrogens with zero attached hydrogens (tertiary/aromatic N) is 3. The van der Waals surface area contributed by atoms with Gasteiger partial charge in [-0.1, -0.05) is 12.1 Å². The van der Waals surface area contributed by atoms with Crippen molar-refractivity contribution in [1.82, 2.24) is 20.8 Å². The molecule has 1 aromatic carbocycles. The minimum atomic E-state index is -2.93. The lowest BCUT2D eigenvalue weighted by Crippen LogP contribution is -2.38.